The second-order valence-electron chi connectivity index (χ2n) is 6.23. The minimum atomic E-state index is -3.31. The Morgan fingerprint density at radius 3 is 2.77 bits per heavy atom. The summed E-state index contributed by atoms with van der Waals surface area (Å²) in [5.74, 6) is 0.309. The Morgan fingerprint density at radius 2 is 2.23 bits per heavy atom. The predicted molar refractivity (Wildman–Crippen MR) is 87.0 cm³/mol. The largest absolute Gasteiger partial charge is 0.378 e. The van der Waals surface area contributed by atoms with Gasteiger partial charge in [-0.05, 0) is 36.8 Å². The van der Waals surface area contributed by atoms with E-state index in [-0.39, 0.29) is 23.8 Å². The van der Waals surface area contributed by atoms with Gasteiger partial charge in [0.2, 0.25) is 10.0 Å². The normalized spacial score (nSPS) is 20.7. The summed E-state index contributed by atoms with van der Waals surface area (Å²) < 4.78 is 32.3. The van der Waals surface area contributed by atoms with Gasteiger partial charge < -0.3 is 4.74 Å². The molecule has 1 fully saturated rings. The minimum Gasteiger partial charge on any atom is -0.378 e. The van der Waals surface area contributed by atoms with E-state index in [2.05, 4.69) is 4.98 Å². The summed E-state index contributed by atoms with van der Waals surface area (Å²) in [6, 6.07) is 3.59. The zero-order valence-corrected chi connectivity index (χ0v) is 14.4. The maximum Gasteiger partial charge on any atom is 0.214 e. The highest BCUT2D eigenvalue weighted by Crippen LogP contribution is 2.29. The maximum absolute atomic E-state index is 12.7. The zero-order valence-electron chi connectivity index (χ0n) is 13.6. The van der Waals surface area contributed by atoms with Gasteiger partial charge in [0.15, 0.2) is 0 Å². The Bertz CT molecular complexity index is 554. The number of hydrogen-bond donors (Lipinski definition) is 0. The molecule has 0 N–H and O–H groups in total. The molecule has 1 aromatic heterocycles. The molecule has 124 valence electrons. The van der Waals surface area contributed by atoms with Crippen molar-refractivity contribution < 1.29 is 13.2 Å². The molecule has 0 amide bonds. The van der Waals surface area contributed by atoms with Crippen molar-refractivity contribution in [1.29, 1.82) is 0 Å². The molecule has 0 spiro atoms. The first-order valence-electron chi connectivity index (χ1n) is 7.89. The Morgan fingerprint density at radius 1 is 1.45 bits per heavy atom. The zero-order chi connectivity index (χ0) is 16.2. The number of sulfonamides is 1. The van der Waals surface area contributed by atoms with Crippen molar-refractivity contribution in [3.63, 3.8) is 0 Å². The van der Waals surface area contributed by atoms with E-state index in [1.165, 1.54) is 4.31 Å². The van der Waals surface area contributed by atoms with Crippen LogP contribution in [0.25, 0.3) is 0 Å². The molecular weight excluding hydrogens is 300 g/mol. The van der Waals surface area contributed by atoms with E-state index in [1.54, 1.807) is 19.4 Å². The van der Waals surface area contributed by atoms with Gasteiger partial charge in [-0.25, -0.2) is 8.42 Å². The van der Waals surface area contributed by atoms with Crippen LogP contribution in [0.1, 0.15) is 44.7 Å². The van der Waals surface area contributed by atoms with E-state index in [4.69, 9.17) is 4.74 Å². The van der Waals surface area contributed by atoms with E-state index >= 15 is 0 Å². The van der Waals surface area contributed by atoms with Crippen molar-refractivity contribution in [1.82, 2.24) is 9.29 Å². The van der Waals surface area contributed by atoms with E-state index in [0.29, 0.717) is 6.42 Å². The Kier molecular flexibility index (Phi) is 5.94. The monoisotopic (exact) mass is 326 g/mol. The van der Waals surface area contributed by atoms with Gasteiger partial charge >= 0.3 is 0 Å². The van der Waals surface area contributed by atoms with Gasteiger partial charge in [0.1, 0.15) is 0 Å². The summed E-state index contributed by atoms with van der Waals surface area (Å²) >= 11 is 0. The van der Waals surface area contributed by atoms with E-state index in [1.807, 2.05) is 26.0 Å². The average molecular weight is 326 g/mol. The number of rotatable bonds is 7. The quantitative estimate of drug-likeness (QED) is 0.773. The van der Waals surface area contributed by atoms with Crippen LogP contribution in [0.5, 0.6) is 0 Å². The summed E-state index contributed by atoms with van der Waals surface area (Å²) in [5, 5.41) is 0. The fourth-order valence-electron chi connectivity index (χ4n) is 3.04. The summed E-state index contributed by atoms with van der Waals surface area (Å²) in [6.07, 6.45) is 6.12. The van der Waals surface area contributed by atoms with Crippen molar-refractivity contribution >= 4 is 10.0 Å². The van der Waals surface area contributed by atoms with Crippen molar-refractivity contribution in [3.8, 4) is 0 Å². The van der Waals surface area contributed by atoms with E-state index in [9.17, 15) is 8.42 Å². The molecule has 1 aliphatic heterocycles. The van der Waals surface area contributed by atoms with Crippen LogP contribution in [0.4, 0.5) is 0 Å². The van der Waals surface area contributed by atoms with Crippen molar-refractivity contribution in [2.45, 2.75) is 45.3 Å². The Labute approximate surface area is 133 Å². The molecule has 2 atom stereocenters. The van der Waals surface area contributed by atoms with Crippen LogP contribution in [0.2, 0.25) is 0 Å². The fourth-order valence-corrected chi connectivity index (χ4v) is 4.59. The topological polar surface area (TPSA) is 59.5 Å². The molecule has 0 saturated carbocycles. The van der Waals surface area contributed by atoms with Crippen molar-refractivity contribution in [2.24, 2.45) is 5.92 Å². The van der Waals surface area contributed by atoms with E-state index in [0.717, 1.165) is 25.0 Å². The molecule has 5 nitrogen and oxygen atoms in total. The second-order valence-corrected chi connectivity index (χ2v) is 8.38. The van der Waals surface area contributed by atoms with Crippen LogP contribution in [-0.4, -0.2) is 43.2 Å². The summed E-state index contributed by atoms with van der Waals surface area (Å²) in [4.78, 5) is 4.12. The average Bonchev–Trinajstić information content (AvgIpc) is 2.99. The molecule has 2 unspecified atom stereocenters. The molecule has 0 bridgehead atoms. The third-order valence-electron chi connectivity index (χ3n) is 4.21. The fraction of sp³-hybridized carbons (Fsp3) is 0.688. The Balaban J connectivity index is 2.09. The first kappa shape index (κ1) is 17.4. The highest BCUT2D eigenvalue weighted by molar-refractivity contribution is 7.89. The molecule has 0 radical (unpaired) electrons. The van der Waals surface area contributed by atoms with Gasteiger partial charge in [0.25, 0.3) is 0 Å². The second kappa shape index (κ2) is 7.53. The highest BCUT2D eigenvalue weighted by Gasteiger charge is 2.30. The molecule has 6 heteroatoms. The van der Waals surface area contributed by atoms with Crippen LogP contribution in [0, 0.1) is 5.92 Å². The predicted octanol–water partition coefficient (Wildman–Crippen LogP) is 2.61. The lowest BCUT2D eigenvalue weighted by atomic mass is 9.98. The lowest BCUT2D eigenvalue weighted by molar-refractivity contribution is 0.108. The summed E-state index contributed by atoms with van der Waals surface area (Å²) in [5.41, 5.74) is 0.931. The van der Waals surface area contributed by atoms with Crippen LogP contribution in [0.3, 0.4) is 0 Å². The lowest BCUT2D eigenvalue weighted by Crippen LogP contribution is -2.36. The standard InChI is InChI=1S/C16H26N2O3S/c1-13(2)16(14-6-4-9-17-12-14)18(3)22(19,20)11-8-15-7-5-10-21-15/h4,6,9,12-13,15-16H,5,7-8,10-11H2,1-3H3. The third kappa shape index (κ3) is 4.27. The number of hydrogen-bond acceptors (Lipinski definition) is 4. The first-order valence-corrected chi connectivity index (χ1v) is 9.50. The molecule has 1 aliphatic rings. The van der Waals surface area contributed by atoms with Gasteiger partial charge in [-0.1, -0.05) is 19.9 Å². The van der Waals surface area contributed by atoms with Crippen LogP contribution < -0.4 is 0 Å². The maximum atomic E-state index is 12.7. The van der Waals surface area contributed by atoms with E-state index < -0.39 is 10.0 Å². The summed E-state index contributed by atoms with van der Waals surface area (Å²) in [6.45, 7) is 4.82. The van der Waals surface area contributed by atoms with Gasteiger partial charge in [0, 0.05) is 26.0 Å². The van der Waals surface area contributed by atoms with Crippen LogP contribution in [0.15, 0.2) is 24.5 Å². The molecule has 2 heterocycles. The SMILES string of the molecule is CC(C)C(c1cccnc1)N(C)S(=O)(=O)CCC1CCCO1. The number of pyridine rings is 1. The molecule has 0 aliphatic carbocycles. The number of aromatic nitrogens is 1. The number of ether oxygens (including phenoxy) is 1. The van der Waals surface area contributed by atoms with Gasteiger partial charge in [-0.2, -0.15) is 4.31 Å². The molecule has 1 saturated heterocycles. The minimum absolute atomic E-state index is 0.0964. The van der Waals surface area contributed by atoms with Gasteiger partial charge in [-0.15, -0.1) is 0 Å². The third-order valence-corrected chi connectivity index (χ3v) is 6.07. The smallest absolute Gasteiger partial charge is 0.214 e. The summed E-state index contributed by atoms with van der Waals surface area (Å²) in [7, 11) is -1.65. The van der Waals surface area contributed by atoms with Gasteiger partial charge in [0.05, 0.1) is 17.9 Å². The lowest BCUT2D eigenvalue weighted by Gasteiger charge is -2.31. The molecule has 2 rings (SSSR count). The van der Waals surface area contributed by atoms with Crippen molar-refractivity contribution in [3.05, 3.63) is 30.1 Å². The van der Waals surface area contributed by atoms with Crippen LogP contribution >= 0.6 is 0 Å². The Hall–Kier alpha value is -0.980. The van der Waals surface area contributed by atoms with Crippen LogP contribution in [-0.2, 0) is 14.8 Å². The first-order chi connectivity index (χ1) is 10.4. The number of nitrogens with zero attached hydrogens (tertiary/aromatic N) is 2. The van der Waals surface area contributed by atoms with Gasteiger partial charge in [-0.3, -0.25) is 4.98 Å². The molecule has 1 aromatic rings. The highest BCUT2D eigenvalue weighted by atomic mass is 32.2. The molecule has 0 aromatic carbocycles. The molecule has 22 heavy (non-hydrogen) atoms. The molecular formula is C16H26N2O3S. The van der Waals surface area contributed by atoms with Crippen molar-refractivity contribution in [2.75, 3.05) is 19.4 Å².